The van der Waals surface area contributed by atoms with Gasteiger partial charge in [-0.15, -0.1) is 22.7 Å². The van der Waals surface area contributed by atoms with Gasteiger partial charge in [-0.25, -0.2) is 4.79 Å². The number of anilines is 1. The number of ether oxygens (including phenoxy) is 1. The maximum atomic E-state index is 13.1. The molecule has 1 aliphatic rings. The van der Waals surface area contributed by atoms with Gasteiger partial charge in [0.25, 0.3) is 11.6 Å². The van der Waals surface area contributed by atoms with E-state index in [1.165, 1.54) is 30.6 Å². The average molecular weight is 537 g/mol. The van der Waals surface area contributed by atoms with Gasteiger partial charge in [-0.2, -0.15) is 0 Å². The molecule has 184 valence electrons. The van der Waals surface area contributed by atoms with E-state index in [2.05, 4.69) is 5.32 Å². The molecule has 3 aromatic rings. The van der Waals surface area contributed by atoms with Crippen LogP contribution in [0.5, 0.6) is 0 Å². The van der Waals surface area contributed by atoms with Gasteiger partial charge in [-0.05, 0) is 19.1 Å². The summed E-state index contributed by atoms with van der Waals surface area (Å²) in [5.41, 5.74) is 0.266. The van der Waals surface area contributed by atoms with E-state index < -0.39 is 10.9 Å². The van der Waals surface area contributed by atoms with Crippen LogP contribution in [0.15, 0.2) is 24.3 Å². The maximum absolute atomic E-state index is 13.1. The molecule has 13 heteroatoms. The number of carbonyl (C=O) groups is 3. The summed E-state index contributed by atoms with van der Waals surface area (Å²) in [5, 5.41) is 15.2. The number of hydrogen-bond donors (Lipinski definition) is 1. The second kappa shape index (κ2) is 10.3. The smallest absolute Gasteiger partial charge is 0.340 e. The zero-order chi connectivity index (χ0) is 25.3. The van der Waals surface area contributed by atoms with Gasteiger partial charge in [0.2, 0.25) is 5.91 Å². The van der Waals surface area contributed by atoms with Crippen molar-refractivity contribution in [3.8, 4) is 0 Å². The summed E-state index contributed by atoms with van der Waals surface area (Å²) in [5.74, 6) is -1.00. The number of non-ortho nitro benzene ring substituents is 1. The number of rotatable bonds is 6. The number of hydrogen-bond acceptors (Lipinski definition) is 9. The van der Waals surface area contributed by atoms with Crippen LogP contribution in [0.1, 0.15) is 24.9 Å². The lowest BCUT2D eigenvalue weighted by atomic mass is 10.2. The molecule has 0 radical (unpaired) electrons. The highest BCUT2D eigenvalue weighted by molar-refractivity contribution is 7.21. The van der Waals surface area contributed by atoms with Crippen molar-refractivity contribution in [1.29, 1.82) is 0 Å². The van der Waals surface area contributed by atoms with Crippen molar-refractivity contribution in [2.75, 3.05) is 45.2 Å². The molecule has 1 saturated heterocycles. The van der Waals surface area contributed by atoms with E-state index in [9.17, 15) is 24.5 Å². The number of aryl methyl sites for hydroxylation is 1. The standard InChI is InChI=1S/C22H21ClN4O6S2/c1-12-9-15(22(30)33-2)20(34-12)24-17(28)11-25-5-7-26(8-6-25)21(29)19-18(23)14-4-3-13(27(31)32)10-16(14)35-19/h3-4,9-10H,5-8,11H2,1-2H3,(H,24,28). The molecule has 0 atom stereocenters. The molecule has 1 fully saturated rings. The summed E-state index contributed by atoms with van der Waals surface area (Å²) >= 11 is 8.86. The Bertz CT molecular complexity index is 1330. The molecule has 0 spiro atoms. The Morgan fingerprint density at radius 2 is 1.89 bits per heavy atom. The maximum Gasteiger partial charge on any atom is 0.340 e. The van der Waals surface area contributed by atoms with Crippen molar-refractivity contribution in [3.63, 3.8) is 0 Å². The molecule has 3 heterocycles. The first-order chi connectivity index (χ1) is 16.7. The van der Waals surface area contributed by atoms with Crippen molar-refractivity contribution >= 4 is 72.8 Å². The molecule has 4 rings (SSSR count). The van der Waals surface area contributed by atoms with Gasteiger partial charge in [-0.3, -0.25) is 24.6 Å². The van der Waals surface area contributed by atoms with Crippen LogP contribution in [0.3, 0.4) is 0 Å². The van der Waals surface area contributed by atoms with Crippen LogP contribution >= 0.6 is 34.3 Å². The zero-order valence-corrected chi connectivity index (χ0v) is 21.2. The van der Waals surface area contributed by atoms with Gasteiger partial charge in [0.15, 0.2) is 0 Å². The number of halogens is 1. The topological polar surface area (TPSA) is 122 Å². The Balaban J connectivity index is 1.36. The minimum absolute atomic E-state index is 0.0577. The number of thiophene rings is 2. The van der Waals surface area contributed by atoms with Gasteiger partial charge in [0.05, 0.1) is 29.2 Å². The van der Waals surface area contributed by atoms with Gasteiger partial charge < -0.3 is 15.0 Å². The van der Waals surface area contributed by atoms with Crippen molar-refractivity contribution < 1.29 is 24.0 Å². The van der Waals surface area contributed by atoms with Gasteiger partial charge in [-0.1, -0.05) is 11.6 Å². The molecule has 0 unspecified atom stereocenters. The van der Waals surface area contributed by atoms with E-state index in [-0.39, 0.29) is 24.0 Å². The average Bonchev–Trinajstić information content (AvgIpc) is 3.37. The second-order valence-corrected chi connectivity index (χ2v) is 10.6. The van der Waals surface area contributed by atoms with E-state index in [0.29, 0.717) is 56.7 Å². The van der Waals surface area contributed by atoms with Crippen LogP contribution < -0.4 is 5.32 Å². The summed E-state index contributed by atoms with van der Waals surface area (Å²) in [4.78, 5) is 52.9. The van der Waals surface area contributed by atoms with Crippen LogP contribution in [0, 0.1) is 17.0 Å². The Hall–Kier alpha value is -3.06. The highest BCUT2D eigenvalue weighted by Crippen LogP contribution is 2.38. The van der Waals surface area contributed by atoms with Crippen molar-refractivity contribution in [1.82, 2.24) is 9.80 Å². The lowest BCUT2D eigenvalue weighted by Gasteiger charge is -2.34. The number of nitrogens with one attached hydrogen (secondary N) is 1. The summed E-state index contributed by atoms with van der Waals surface area (Å²) in [6, 6.07) is 6.01. The number of fused-ring (bicyclic) bond motifs is 1. The number of methoxy groups -OCH3 is 1. The molecule has 0 aliphatic carbocycles. The fraction of sp³-hybridized carbons (Fsp3) is 0.318. The van der Waals surface area contributed by atoms with E-state index >= 15 is 0 Å². The van der Waals surface area contributed by atoms with Crippen molar-refractivity contribution in [3.05, 3.63) is 54.7 Å². The molecule has 2 amide bonds. The summed E-state index contributed by atoms with van der Waals surface area (Å²) in [6.45, 7) is 3.74. The predicted molar refractivity (Wildman–Crippen MR) is 135 cm³/mol. The molecular formula is C22H21ClN4O6S2. The molecule has 35 heavy (non-hydrogen) atoms. The van der Waals surface area contributed by atoms with Crippen LogP contribution in [-0.4, -0.2) is 72.3 Å². The number of amides is 2. The number of nitrogens with zero attached hydrogens (tertiary/aromatic N) is 3. The third kappa shape index (κ3) is 5.30. The monoisotopic (exact) mass is 536 g/mol. The minimum atomic E-state index is -0.508. The largest absolute Gasteiger partial charge is 0.465 e. The fourth-order valence-corrected chi connectivity index (χ4v) is 6.22. The first-order valence-electron chi connectivity index (χ1n) is 10.5. The highest BCUT2D eigenvalue weighted by atomic mass is 35.5. The number of nitro benzene ring substituents is 1. The third-order valence-electron chi connectivity index (χ3n) is 5.56. The van der Waals surface area contributed by atoms with E-state index in [1.54, 1.807) is 17.0 Å². The summed E-state index contributed by atoms with van der Waals surface area (Å²) in [6.07, 6.45) is 0. The zero-order valence-electron chi connectivity index (χ0n) is 18.8. The van der Waals surface area contributed by atoms with E-state index in [1.807, 2.05) is 11.8 Å². The number of nitro groups is 1. The number of esters is 1. The third-order valence-corrected chi connectivity index (χ3v) is 8.17. The van der Waals surface area contributed by atoms with Crippen LogP contribution in [0.4, 0.5) is 10.7 Å². The first-order valence-corrected chi connectivity index (χ1v) is 12.6. The van der Waals surface area contributed by atoms with Gasteiger partial charge in [0.1, 0.15) is 9.88 Å². The minimum Gasteiger partial charge on any atom is -0.465 e. The predicted octanol–water partition coefficient (Wildman–Crippen LogP) is 4.02. The van der Waals surface area contributed by atoms with Gasteiger partial charge in [0, 0.05) is 53.3 Å². The highest BCUT2D eigenvalue weighted by Gasteiger charge is 2.27. The Morgan fingerprint density at radius 3 is 2.54 bits per heavy atom. The van der Waals surface area contributed by atoms with Crippen molar-refractivity contribution in [2.24, 2.45) is 0 Å². The molecule has 1 aromatic carbocycles. The molecule has 0 saturated carbocycles. The molecule has 0 bridgehead atoms. The summed E-state index contributed by atoms with van der Waals surface area (Å²) < 4.78 is 5.35. The number of carbonyl (C=O) groups excluding carboxylic acids is 3. The van der Waals surface area contributed by atoms with Crippen LogP contribution in [0.2, 0.25) is 5.02 Å². The Kier molecular flexibility index (Phi) is 7.36. The molecule has 10 nitrogen and oxygen atoms in total. The van der Waals surface area contributed by atoms with E-state index in [0.717, 1.165) is 16.2 Å². The van der Waals surface area contributed by atoms with Crippen LogP contribution in [0.25, 0.3) is 10.1 Å². The lowest BCUT2D eigenvalue weighted by Crippen LogP contribution is -2.50. The normalized spacial score (nSPS) is 14.2. The number of piperazine rings is 1. The molecule has 1 aliphatic heterocycles. The molecular weight excluding hydrogens is 516 g/mol. The first kappa shape index (κ1) is 25.0. The molecule has 2 aromatic heterocycles. The van der Waals surface area contributed by atoms with Gasteiger partial charge >= 0.3 is 5.97 Å². The van der Waals surface area contributed by atoms with Crippen molar-refractivity contribution in [2.45, 2.75) is 6.92 Å². The lowest BCUT2D eigenvalue weighted by molar-refractivity contribution is -0.384. The number of benzene rings is 1. The quantitative estimate of drug-likeness (QED) is 0.287. The Labute approximate surface area is 213 Å². The van der Waals surface area contributed by atoms with Crippen LogP contribution in [-0.2, 0) is 9.53 Å². The Morgan fingerprint density at radius 1 is 1.17 bits per heavy atom. The fourth-order valence-electron chi connectivity index (χ4n) is 3.80. The second-order valence-electron chi connectivity index (χ2n) is 7.89. The molecule has 1 N–H and O–H groups in total. The van der Waals surface area contributed by atoms with E-state index in [4.69, 9.17) is 16.3 Å². The summed E-state index contributed by atoms with van der Waals surface area (Å²) in [7, 11) is 1.29. The SMILES string of the molecule is COC(=O)c1cc(C)sc1NC(=O)CN1CCN(C(=O)c2sc3cc([N+](=O)[O-])ccc3c2Cl)CC1.